The summed E-state index contributed by atoms with van der Waals surface area (Å²) in [5.41, 5.74) is -0.00750. The van der Waals surface area contributed by atoms with E-state index in [-0.39, 0.29) is 16.7 Å². The Morgan fingerprint density at radius 1 is 1.48 bits per heavy atom. The molecular formula is C14H23N5O2. The van der Waals surface area contributed by atoms with E-state index < -0.39 is 0 Å². The van der Waals surface area contributed by atoms with Gasteiger partial charge in [0, 0.05) is 19.1 Å². The van der Waals surface area contributed by atoms with E-state index in [2.05, 4.69) is 29.1 Å². The van der Waals surface area contributed by atoms with Crippen LogP contribution >= 0.6 is 0 Å². The van der Waals surface area contributed by atoms with E-state index in [4.69, 9.17) is 0 Å². The molecule has 0 spiro atoms. The number of hydrogen-bond acceptors (Lipinski definition) is 6. The quantitative estimate of drug-likeness (QED) is 0.664. The molecule has 7 heteroatoms. The maximum absolute atomic E-state index is 11.5. The van der Waals surface area contributed by atoms with Gasteiger partial charge in [-0.1, -0.05) is 13.8 Å². The van der Waals surface area contributed by atoms with E-state index in [1.54, 1.807) is 0 Å². The SMILES string of the molecule is CCCNc1ncnc(N2CCCC(C)C2C)c1[N+](=O)[O-]. The molecule has 1 fully saturated rings. The van der Waals surface area contributed by atoms with Crippen molar-refractivity contribution in [1.29, 1.82) is 0 Å². The van der Waals surface area contributed by atoms with Gasteiger partial charge in [-0.15, -0.1) is 0 Å². The summed E-state index contributed by atoms with van der Waals surface area (Å²) >= 11 is 0. The first-order chi connectivity index (χ1) is 10.1. The molecule has 1 saturated heterocycles. The van der Waals surface area contributed by atoms with Gasteiger partial charge in [-0.05, 0) is 32.1 Å². The Morgan fingerprint density at radius 3 is 2.90 bits per heavy atom. The average molecular weight is 293 g/mol. The molecule has 0 amide bonds. The second kappa shape index (κ2) is 6.69. The fourth-order valence-corrected chi connectivity index (χ4v) is 2.75. The number of rotatable bonds is 5. The van der Waals surface area contributed by atoms with Crippen LogP contribution in [0.3, 0.4) is 0 Å². The largest absolute Gasteiger partial charge is 0.364 e. The number of nitrogens with zero attached hydrogens (tertiary/aromatic N) is 4. The van der Waals surface area contributed by atoms with Gasteiger partial charge in [0.2, 0.25) is 11.6 Å². The predicted octanol–water partition coefficient (Wildman–Crippen LogP) is 2.83. The predicted molar refractivity (Wildman–Crippen MR) is 82.7 cm³/mol. The number of piperidine rings is 1. The van der Waals surface area contributed by atoms with Gasteiger partial charge in [0.1, 0.15) is 6.33 Å². The molecule has 0 aliphatic carbocycles. The number of anilines is 2. The number of nitrogens with one attached hydrogen (secondary N) is 1. The van der Waals surface area contributed by atoms with Crippen LogP contribution in [0.5, 0.6) is 0 Å². The molecule has 2 rings (SSSR count). The van der Waals surface area contributed by atoms with Gasteiger partial charge >= 0.3 is 5.69 Å². The van der Waals surface area contributed by atoms with Crippen molar-refractivity contribution in [3.8, 4) is 0 Å². The van der Waals surface area contributed by atoms with Crippen molar-refractivity contribution in [2.75, 3.05) is 23.3 Å². The second-order valence-corrected chi connectivity index (χ2v) is 5.63. The summed E-state index contributed by atoms with van der Waals surface area (Å²) in [6.45, 7) is 7.75. The molecule has 1 aliphatic rings. The lowest BCUT2D eigenvalue weighted by Gasteiger charge is -2.38. The highest BCUT2D eigenvalue weighted by molar-refractivity contribution is 5.70. The number of hydrogen-bond donors (Lipinski definition) is 1. The second-order valence-electron chi connectivity index (χ2n) is 5.63. The Bertz CT molecular complexity index is 508. The van der Waals surface area contributed by atoms with Gasteiger partial charge in [-0.3, -0.25) is 10.1 Å². The van der Waals surface area contributed by atoms with Crippen LogP contribution in [-0.4, -0.2) is 34.0 Å². The van der Waals surface area contributed by atoms with E-state index in [0.29, 0.717) is 24.1 Å². The van der Waals surface area contributed by atoms with Crippen LogP contribution in [-0.2, 0) is 0 Å². The fourth-order valence-electron chi connectivity index (χ4n) is 2.75. The molecule has 0 bridgehead atoms. The third-order valence-electron chi connectivity index (χ3n) is 4.17. The molecule has 21 heavy (non-hydrogen) atoms. The Hall–Kier alpha value is -1.92. The highest BCUT2D eigenvalue weighted by Gasteiger charge is 2.33. The monoisotopic (exact) mass is 293 g/mol. The Balaban J connectivity index is 2.40. The Morgan fingerprint density at radius 2 is 2.24 bits per heavy atom. The fraction of sp³-hybridized carbons (Fsp3) is 0.714. The number of nitro groups is 1. The first-order valence-electron chi connectivity index (χ1n) is 7.56. The van der Waals surface area contributed by atoms with E-state index in [0.717, 1.165) is 25.8 Å². The summed E-state index contributed by atoms with van der Waals surface area (Å²) in [7, 11) is 0. The molecule has 2 heterocycles. The van der Waals surface area contributed by atoms with E-state index >= 15 is 0 Å². The van der Waals surface area contributed by atoms with Crippen LogP contribution in [0.2, 0.25) is 0 Å². The van der Waals surface area contributed by atoms with Crippen molar-refractivity contribution in [1.82, 2.24) is 9.97 Å². The molecule has 1 aromatic rings. The first kappa shape index (κ1) is 15.5. The zero-order chi connectivity index (χ0) is 15.4. The van der Waals surface area contributed by atoms with Crippen molar-refractivity contribution in [2.24, 2.45) is 5.92 Å². The van der Waals surface area contributed by atoms with Crippen LogP contribution < -0.4 is 10.2 Å². The third-order valence-corrected chi connectivity index (χ3v) is 4.17. The van der Waals surface area contributed by atoms with Crippen molar-refractivity contribution in [3.05, 3.63) is 16.4 Å². The van der Waals surface area contributed by atoms with Crippen molar-refractivity contribution in [3.63, 3.8) is 0 Å². The zero-order valence-electron chi connectivity index (χ0n) is 12.9. The Kier molecular flexibility index (Phi) is 4.93. The van der Waals surface area contributed by atoms with Crippen molar-refractivity contribution >= 4 is 17.3 Å². The molecule has 2 unspecified atom stereocenters. The summed E-state index contributed by atoms with van der Waals surface area (Å²) in [6.07, 6.45) is 4.47. The summed E-state index contributed by atoms with van der Waals surface area (Å²) in [5, 5.41) is 14.5. The molecule has 116 valence electrons. The normalized spacial score (nSPS) is 22.1. The summed E-state index contributed by atoms with van der Waals surface area (Å²) in [6, 6.07) is 0.242. The maximum atomic E-state index is 11.5. The molecule has 0 aromatic carbocycles. The zero-order valence-corrected chi connectivity index (χ0v) is 12.9. The lowest BCUT2D eigenvalue weighted by molar-refractivity contribution is -0.383. The lowest BCUT2D eigenvalue weighted by atomic mass is 9.92. The van der Waals surface area contributed by atoms with Gasteiger partial charge in [-0.25, -0.2) is 9.97 Å². The van der Waals surface area contributed by atoms with Crippen LogP contribution in [0.1, 0.15) is 40.0 Å². The summed E-state index contributed by atoms with van der Waals surface area (Å²) in [5.74, 6) is 1.25. The van der Waals surface area contributed by atoms with Crippen LogP contribution in [0.25, 0.3) is 0 Å². The van der Waals surface area contributed by atoms with Gasteiger partial charge in [-0.2, -0.15) is 0 Å². The van der Waals surface area contributed by atoms with Crippen molar-refractivity contribution < 1.29 is 4.92 Å². The molecule has 1 N–H and O–H groups in total. The first-order valence-corrected chi connectivity index (χ1v) is 7.56. The topological polar surface area (TPSA) is 84.2 Å². The molecule has 1 aromatic heterocycles. The summed E-state index contributed by atoms with van der Waals surface area (Å²) < 4.78 is 0. The maximum Gasteiger partial charge on any atom is 0.353 e. The highest BCUT2D eigenvalue weighted by Crippen LogP contribution is 2.36. The molecule has 1 aliphatic heterocycles. The van der Waals surface area contributed by atoms with Crippen LogP contribution in [0.15, 0.2) is 6.33 Å². The molecule has 7 nitrogen and oxygen atoms in total. The lowest BCUT2D eigenvalue weighted by Crippen LogP contribution is -2.43. The van der Waals surface area contributed by atoms with Crippen molar-refractivity contribution in [2.45, 2.75) is 46.1 Å². The van der Waals surface area contributed by atoms with Crippen LogP contribution in [0.4, 0.5) is 17.3 Å². The van der Waals surface area contributed by atoms with Gasteiger partial charge < -0.3 is 10.2 Å². The van der Waals surface area contributed by atoms with E-state index in [1.807, 2.05) is 11.8 Å². The summed E-state index contributed by atoms with van der Waals surface area (Å²) in [4.78, 5) is 21.4. The minimum atomic E-state index is -0.376. The average Bonchev–Trinajstić information content (AvgIpc) is 2.47. The molecule has 0 saturated carbocycles. The van der Waals surface area contributed by atoms with Gasteiger partial charge in [0.25, 0.3) is 0 Å². The third kappa shape index (κ3) is 3.22. The Labute approximate surface area is 124 Å². The number of aromatic nitrogens is 2. The van der Waals surface area contributed by atoms with E-state index in [1.165, 1.54) is 6.33 Å². The van der Waals surface area contributed by atoms with E-state index in [9.17, 15) is 10.1 Å². The highest BCUT2D eigenvalue weighted by atomic mass is 16.6. The minimum Gasteiger partial charge on any atom is -0.364 e. The van der Waals surface area contributed by atoms with Gasteiger partial charge in [0.05, 0.1) is 4.92 Å². The van der Waals surface area contributed by atoms with Crippen LogP contribution in [0, 0.1) is 16.0 Å². The standard InChI is InChI=1S/C14H23N5O2/c1-4-7-15-13-12(19(20)21)14(17-9-16-13)18-8-5-6-10(2)11(18)3/h9-11H,4-8H2,1-3H3,(H,15,16,17). The molecular weight excluding hydrogens is 270 g/mol. The molecule has 2 atom stereocenters. The smallest absolute Gasteiger partial charge is 0.353 e. The molecule has 0 radical (unpaired) electrons. The minimum absolute atomic E-state index is 0.00750. The van der Waals surface area contributed by atoms with Gasteiger partial charge in [0.15, 0.2) is 0 Å².